The van der Waals surface area contributed by atoms with Crippen LogP contribution in [0.5, 0.6) is 0 Å². The van der Waals surface area contributed by atoms with Gasteiger partial charge in [0, 0.05) is 12.6 Å². The highest BCUT2D eigenvalue weighted by molar-refractivity contribution is 8.01. The number of carbonyl (C=O) groups excluding carboxylic acids is 2. The van der Waals surface area contributed by atoms with E-state index < -0.39 is 0 Å². The number of thioether (sulfide) groups is 1. The van der Waals surface area contributed by atoms with Gasteiger partial charge in [-0.15, -0.1) is 11.8 Å². The van der Waals surface area contributed by atoms with Crippen LogP contribution in [-0.4, -0.2) is 28.0 Å². The molecule has 0 fully saturated rings. The van der Waals surface area contributed by atoms with Gasteiger partial charge in [0.1, 0.15) is 5.76 Å². The molecule has 2 N–H and O–H groups in total. The van der Waals surface area contributed by atoms with Crippen molar-refractivity contribution in [2.24, 2.45) is 0 Å². The van der Waals surface area contributed by atoms with E-state index in [2.05, 4.69) is 15.8 Å². The average Bonchev–Trinajstić information content (AvgIpc) is 2.96. The van der Waals surface area contributed by atoms with Crippen molar-refractivity contribution in [3.8, 4) is 0 Å². The zero-order chi connectivity index (χ0) is 16.7. The van der Waals surface area contributed by atoms with Crippen LogP contribution in [-0.2, 0) is 16.1 Å². The zero-order valence-electron chi connectivity index (χ0n) is 13.0. The van der Waals surface area contributed by atoms with Crippen LogP contribution in [0.2, 0.25) is 0 Å². The second-order valence-electron chi connectivity index (χ2n) is 5.03. The quantitative estimate of drug-likeness (QED) is 0.812. The van der Waals surface area contributed by atoms with Crippen LogP contribution < -0.4 is 10.6 Å². The van der Waals surface area contributed by atoms with E-state index in [1.807, 2.05) is 30.3 Å². The van der Waals surface area contributed by atoms with E-state index in [1.165, 1.54) is 11.8 Å². The summed E-state index contributed by atoms with van der Waals surface area (Å²) < 4.78 is 4.88. The van der Waals surface area contributed by atoms with E-state index in [0.717, 1.165) is 5.56 Å². The molecule has 0 bridgehead atoms. The SMILES string of the molecule is Cc1cc(NC(=O)[C@@H](C)SCC(=O)NCc2ccccc2)no1. The molecule has 0 saturated carbocycles. The molecule has 0 saturated heterocycles. The number of hydrogen-bond donors (Lipinski definition) is 2. The Morgan fingerprint density at radius 3 is 2.70 bits per heavy atom. The van der Waals surface area contributed by atoms with Gasteiger partial charge in [-0.05, 0) is 19.4 Å². The first-order valence-electron chi connectivity index (χ1n) is 7.21. The molecule has 0 aliphatic carbocycles. The van der Waals surface area contributed by atoms with E-state index >= 15 is 0 Å². The number of aromatic nitrogens is 1. The minimum absolute atomic E-state index is 0.101. The van der Waals surface area contributed by atoms with Gasteiger partial charge in [-0.2, -0.15) is 0 Å². The van der Waals surface area contributed by atoms with Crippen LogP contribution in [0.1, 0.15) is 18.2 Å². The highest BCUT2D eigenvalue weighted by Gasteiger charge is 2.16. The third-order valence-corrected chi connectivity index (χ3v) is 4.19. The normalized spacial score (nSPS) is 11.7. The summed E-state index contributed by atoms with van der Waals surface area (Å²) in [5.74, 6) is 0.920. The molecule has 0 aliphatic heterocycles. The summed E-state index contributed by atoms with van der Waals surface area (Å²) in [6, 6.07) is 11.3. The fourth-order valence-corrected chi connectivity index (χ4v) is 2.49. The molecule has 0 unspecified atom stereocenters. The number of anilines is 1. The van der Waals surface area contributed by atoms with Crippen molar-refractivity contribution in [1.29, 1.82) is 0 Å². The van der Waals surface area contributed by atoms with Crippen molar-refractivity contribution in [2.75, 3.05) is 11.1 Å². The fraction of sp³-hybridized carbons (Fsp3) is 0.312. The first kappa shape index (κ1) is 17.1. The van der Waals surface area contributed by atoms with E-state index in [1.54, 1.807) is 19.9 Å². The molecule has 1 aromatic heterocycles. The lowest BCUT2D eigenvalue weighted by atomic mass is 10.2. The summed E-state index contributed by atoms with van der Waals surface area (Å²) >= 11 is 1.27. The highest BCUT2D eigenvalue weighted by atomic mass is 32.2. The molecule has 2 rings (SSSR count). The van der Waals surface area contributed by atoms with Crippen LogP contribution in [0.3, 0.4) is 0 Å². The molecule has 7 heteroatoms. The maximum Gasteiger partial charge on any atom is 0.238 e. The molecule has 1 heterocycles. The summed E-state index contributed by atoms with van der Waals surface area (Å²) in [6.07, 6.45) is 0. The molecule has 122 valence electrons. The lowest BCUT2D eigenvalue weighted by Crippen LogP contribution is -2.28. The first-order chi connectivity index (χ1) is 11.0. The third kappa shape index (κ3) is 5.78. The zero-order valence-corrected chi connectivity index (χ0v) is 13.9. The molecule has 6 nitrogen and oxygen atoms in total. The summed E-state index contributed by atoms with van der Waals surface area (Å²) in [6.45, 7) is 3.98. The maximum absolute atomic E-state index is 12.0. The Hall–Kier alpha value is -2.28. The number of nitrogens with zero attached hydrogens (tertiary/aromatic N) is 1. The van der Waals surface area contributed by atoms with Crippen molar-refractivity contribution in [3.63, 3.8) is 0 Å². The Kier molecular flexibility index (Phi) is 6.22. The second-order valence-corrected chi connectivity index (χ2v) is 6.36. The predicted molar refractivity (Wildman–Crippen MR) is 90.1 cm³/mol. The summed E-state index contributed by atoms with van der Waals surface area (Å²) in [5, 5.41) is 8.81. The number of hydrogen-bond acceptors (Lipinski definition) is 5. The molecule has 1 aromatic carbocycles. The first-order valence-corrected chi connectivity index (χ1v) is 8.26. The molecule has 0 spiro atoms. The standard InChI is InChI=1S/C16H19N3O3S/c1-11-8-14(19-22-11)18-16(21)12(2)23-10-15(20)17-9-13-6-4-3-5-7-13/h3-8,12H,9-10H2,1-2H3,(H,17,20)(H,18,19,21)/t12-/m1/s1. The van der Waals surface area contributed by atoms with Crippen molar-refractivity contribution >= 4 is 29.4 Å². The van der Waals surface area contributed by atoms with E-state index in [4.69, 9.17) is 4.52 Å². The van der Waals surface area contributed by atoms with E-state index in [-0.39, 0.29) is 22.8 Å². The van der Waals surface area contributed by atoms with Crippen LogP contribution in [0.25, 0.3) is 0 Å². The van der Waals surface area contributed by atoms with Crippen LogP contribution in [0.15, 0.2) is 40.9 Å². The van der Waals surface area contributed by atoms with Crippen LogP contribution in [0.4, 0.5) is 5.82 Å². The second kappa shape index (κ2) is 8.38. The van der Waals surface area contributed by atoms with Crippen molar-refractivity contribution < 1.29 is 14.1 Å². The predicted octanol–water partition coefficient (Wildman–Crippen LogP) is 2.36. The van der Waals surface area contributed by atoms with Crippen LogP contribution >= 0.6 is 11.8 Å². The summed E-state index contributed by atoms with van der Waals surface area (Å²) in [7, 11) is 0. The van der Waals surface area contributed by atoms with Gasteiger partial charge in [0.2, 0.25) is 11.8 Å². The smallest absolute Gasteiger partial charge is 0.238 e. The van der Waals surface area contributed by atoms with Gasteiger partial charge in [0.25, 0.3) is 0 Å². The Morgan fingerprint density at radius 1 is 1.30 bits per heavy atom. The Labute approximate surface area is 139 Å². The molecule has 23 heavy (non-hydrogen) atoms. The molecular formula is C16H19N3O3S. The maximum atomic E-state index is 12.0. The third-order valence-electron chi connectivity index (χ3n) is 3.05. The van der Waals surface area contributed by atoms with E-state index in [9.17, 15) is 9.59 Å². The molecule has 0 radical (unpaired) electrons. The number of carbonyl (C=O) groups is 2. The van der Waals surface area contributed by atoms with Gasteiger partial charge in [0.15, 0.2) is 5.82 Å². The van der Waals surface area contributed by atoms with Crippen molar-refractivity contribution in [1.82, 2.24) is 10.5 Å². The topological polar surface area (TPSA) is 84.2 Å². The minimum Gasteiger partial charge on any atom is -0.360 e. The van der Waals surface area contributed by atoms with Crippen molar-refractivity contribution in [2.45, 2.75) is 25.6 Å². The van der Waals surface area contributed by atoms with Gasteiger partial charge in [-0.3, -0.25) is 9.59 Å². The number of aryl methyl sites for hydroxylation is 1. The largest absolute Gasteiger partial charge is 0.360 e. The summed E-state index contributed by atoms with van der Waals surface area (Å²) in [4.78, 5) is 23.8. The molecular weight excluding hydrogens is 314 g/mol. The van der Waals surface area contributed by atoms with Crippen molar-refractivity contribution in [3.05, 3.63) is 47.7 Å². The lowest BCUT2D eigenvalue weighted by Gasteiger charge is -2.10. The number of benzene rings is 1. The molecule has 2 aromatic rings. The fourth-order valence-electron chi connectivity index (χ4n) is 1.78. The summed E-state index contributed by atoms with van der Waals surface area (Å²) in [5.41, 5.74) is 1.04. The van der Waals surface area contributed by atoms with Gasteiger partial charge < -0.3 is 15.2 Å². The Bertz CT molecular complexity index is 658. The Balaban J connectivity index is 1.69. The molecule has 2 amide bonds. The van der Waals surface area contributed by atoms with Gasteiger partial charge in [0.05, 0.1) is 11.0 Å². The van der Waals surface area contributed by atoms with Crippen LogP contribution in [0, 0.1) is 6.92 Å². The number of rotatable bonds is 7. The molecule has 1 atom stereocenters. The number of amides is 2. The minimum atomic E-state index is -0.366. The van der Waals surface area contributed by atoms with Gasteiger partial charge in [-0.1, -0.05) is 35.5 Å². The van der Waals surface area contributed by atoms with Gasteiger partial charge >= 0.3 is 0 Å². The lowest BCUT2D eigenvalue weighted by molar-refractivity contribution is -0.118. The monoisotopic (exact) mass is 333 g/mol. The number of nitrogens with one attached hydrogen (secondary N) is 2. The highest BCUT2D eigenvalue weighted by Crippen LogP contribution is 2.14. The average molecular weight is 333 g/mol. The van der Waals surface area contributed by atoms with Gasteiger partial charge in [-0.25, -0.2) is 0 Å². The Morgan fingerprint density at radius 2 is 2.04 bits per heavy atom. The molecule has 0 aliphatic rings. The van der Waals surface area contributed by atoms with E-state index in [0.29, 0.717) is 18.1 Å².